The summed E-state index contributed by atoms with van der Waals surface area (Å²) in [5, 5.41) is 18.7. The summed E-state index contributed by atoms with van der Waals surface area (Å²) >= 11 is 13.4. The van der Waals surface area contributed by atoms with Crippen molar-refractivity contribution < 1.29 is 4.79 Å². The van der Waals surface area contributed by atoms with Crippen molar-refractivity contribution in [3.05, 3.63) is 86.9 Å². The number of halogens is 2. The van der Waals surface area contributed by atoms with Crippen LogP contribution >= 0.6 is 23.2 Å². The van der Waals surface area contributed by atoms with Crippen molar-refractivity contribution in [1.82, 2.24) is 39.4 Å². The number of pyridine rings is 1. The van der Waals surface area contributed by atoms with E-state index >= 15 is 0 Å². The van der Waals surface area contributed by atoms with E-state index in [9.17, 15) is 4.79 Å². The lowest BCUT2D eigenvalue weighted by atomic mass is 9.67. The van der Waals surface area contributed by atoms with Gasteiger partial charge in [0.05, 0.1) is 38.2 Å². The van der Waals surface area contributed by atoms with E-state index in [0.717, 1.165) is 47.4 Å². The van der Waals surface area contributed by atoms with Crippen molar-refractivity contribution in [1.29, 1.82) is 0 Å². The molecule has 0 saturated heterocycles. The lowest BCUT2D eigenvalue weighted by Crippen LogP contribution is -2.36. The van der Waals surface area contributed by atoms with Gasteiger partial charge in [-0.1, -0.05) is 41.4 Å². The average Bonchev–Trinajstić information content (AvgIpc) is 3.62. The summed E-state index contributed by atoms with van der Waals surface area (Å²) in [5.41, 5.74) is 5.59. The van der Waals surface area contributed by atoms with Crippen LogP contribution in [-0.2, 0) is 24.8 Å². The van der Waals surface area contributed by atoms with Crippen LogP contribution < -0.4 is 0 Å². The third-order valence-corrected chi connectivity index (χ3v) is 8.12. The highest BCUT2D eigenvalue weighted by Crippen LogP contribution is 2.43. The average molecular weight is 563 g/mol. The van der Waals surface area contributed by atoms with Crippen LogP contribution in [0.5, 0.6) is 0 Å². The highest BCUT2D eigenvalue weighted by molar-refractivity contribution is 6.40. The number of Topliss-reactive ketones (excluding diaryl/α,β-unsaturated/α-hetero) is 1. The second-order valence-electron chi connectivity index (χ2n) is 10.4. The van der Waals surface area contributed by atoms with Crippen LogP contribution in [0, 0.1) is 13.8 Å². The molecule has 1 atom stereocenters. The summed E-state index contributed by atoms with van der Waals surface area (Å²) in [5.74, 6) is 0.493. The first kappa shape index (κ1) is 25.7. The Bertz CT molecular complexity index is 1690. The molecule has 9 nitrogen and oxygen atoms in total. The number of fused-ring (bicyclic) bond motifs is 3. The first-order chi connectivity index (χ1) is 18.8. The number of carbonyl (C=O) groups excluding carboxylic acids is 1. The van der Waals surface area contributed by atoms with Gasteiger partial charge in [-0.25, -0.2) is 14.2 Å². The van der Waals surface area contributed by atoms with Gasteiger partial charge < -0.3 is 0 Å². The summed E-state index contributed by atoms with van der Waals surface area (Å²) in [6, 6.07) is 7.59. The van der Waals surface area contributed by atoms with Crippen LogP contribution in [0.25, 0.3) is 11.2 Å². The molecule has 0 aliphatic heterocycles. The molecule has 1 aliphatic rings. The highest BCUT2D eigenvalue weighted by atomic mass is 35.5. The molecule has 11 heteroatoms. The summed E-state index contributed by atoms with van der Waals surface area (Å²) in [6.45, 7) is 6.72. The molecule has 0 fully saturated rings. The number of rotatable bonds is 7. The standard InChI is InChI=1S/C28H28Cl2N8O/c1-4-9-36-15-26(32-35-36)28(8-7-23-20(12-28)24-6-5-17(2)14-37(24)34-23)13-25(39)27-21(29)10-19(11-22(27)30)38-16-31-18(3)33-38/h5-6,10-11,14-16H,4,7-9,12-13H2,1-3H3. The van der Waals surface area contributed by atoms with Gasteiger partial charge in [-0.2, -0.15) is 10.2 Å². The van der Waals surface area contributed by atoms with E-state index in [-0.39, 0.29) is 22.2 Å². The van der Waals surface area contributed by atoms with E-state index in [0.29, 0.717) is 29.9 Å². The molecule has 1 unspecified atom stereocenters. The quantitative estimate of drug-likeness (QED) is 0.241. The van der Waals surface area contributed by atoms with Gasteiger partial charge in [0.15, 0.2) is 5.78 Å². The Hall–Kier alpha value is -3.56. The van der Waals surface area contributed by atoms with Crippen molar-refractivity contribution in [2.24, 2.45) is 0 Å². The maximum absolute atomic E-state index is 14.0. The normalized spacial score (nSPS) is 17.1. The summed E-state index contributed by atoms with van der Waals surface area (Å²) in [7, 11) is 0. The van der Waals surface area contributed by atoms with Crippen LogP contribution in [0.1, 0.15) is 64.9 Å². The Labute approximate surface area is 235 Å². The molecule has 0 N–H and O–H groups in total. The minimum Gasteiger partial charge on any atom is -0.294 e. The smallest absolute Gasteiger partial charge is 0.166 e. The molecule has 0 spiro atoms. The number of hydrogen-bond donors (Lipinski definition) is 0. The molecule has 39 heavy (non-hydrogen) atoms. The van der Waals surface area contributed by atoms with Crippen LogP contribution in [0.4, 0.5) is 0 Å². The molecule has 1 aliphatic carbocycles. The van der Waals surface area contributed by atoms with Crippen LogP contribution in [0.2, 0.25) is 10.0 Å². The van der Waals surface area contributed by atoms with Gasteiger partial charge >= 0.3 is 0 Å². The largest absolute Gasteiger partial charge is 0.294 e. The van der Waals surface area contributed by atoms with Crippen molar-refractivity contribution in [3.63, 3.8) is 0 Å². The third kappa shape index (κ3) is 4.63. The van der Waals surface area contributed by atoms with Gasteiger partial charge in [-0.3, -0.25) is 9.48 Å². The molecule has 0 amide bonds. The van der Waals surface area contributed by atoms with Gasteiger partial charge in [0.25, 0.3) is 0 Å². The van der Waals surface area contributed by atoms with Crippen molar-refractivity contribution in [3.8, 4) is 5.69 Å². The molecule has 4 aromatic heterocycles. The Morgan fingerprint density at radius 1 is 1.10 bits per heavy atom. The Morgan fingerprint density at radius 2 is 1.90 bits per heavy atom. The van der Waals surface area contributed by atoms with Crippen molar-refractivity contribution in [2.45, 2.75) is 64.8 Å². The topological polar surface area (TPSA) is 95.8 Å². The lowest BCUT2D eigenvalue weighted by Gasteiger charge is -2.35. The molecule has 0 saturated carbocycles. The second-order valence-corrected chi connectivity index (χ2v) is 11.2. The zero-order chi connectivity index (χ0) is 27.3. The SMILES string of the molecule is CCCn1cc(C2(CC(=O)c3c(Cl)cc(-n4cnc(C)n4)cc3Cl)CCc3nn4cc(C)ccc4c3C2)nn1. The number of hydrogen-bond acceptors (Lipinski definition) is 6. The summed E-state index contributed by atoms with van der Waals surface area (Å²) in [6.07, 6.45) is 8.81. The molecule has 5 aromatic rings. The second kappa shape index (κ2) is 9.88. The highest BCUT2D eigenvalue weighted by Gasteiger charge is 2.43. The van der Waals surface area contributed by atoms with Crippen LogP contribution in [-0.4, -0.2) is 45.2 Å². The molecular formula is C28H28Cl2N8O. The minimum absolute atomic E-state index is 0.132. The van der Waals surface area contributed by atoms with E-state index in [4.69, 9.17) is 28.3 Å². The molecule has 0 radical (unpaired) electrons. The number of nitrogens with zero attached hydrogens (tertiary/aromatic N) is 8. The number of aromatic nitrogens is 8. The van der Waals surface area contributed by atoms with Crippen LogP contribution in [0.15, 0.2) is 43.0 Å². The van der Waals surface area contributed by atoms with Crippen molar-refractivity contribution >= 4 is 34.5 Å². The molecular weight excluding hydrogens is 535 g/mol. The van der Waals surface area contributed by atoms with E-state index in [1.165, 1.54) is 0 Å². The number of carbonyl (C=O) groups is 1. The predicted molar refractivity (Wildman–Crippen MR) is 149 cm³/mol. The Morgan fingerprint density at radius 3 is 2.62 bits per heavy atom. The van der Waals surface area contributed by atoms with E-state index in [1.807, 2.05) is 21.6 Å². The lowest BCUT2D eigenvalue weighted by molar-refractivity contribution is 0.0940. The van der Waals surface area contributed by atoms with Gasteiger partial charge in [0, 0.05) is 36.3 Å². The fraction of sp³-hybridized carbons (Fsp3) is 0.357. The maximum atomic E-state index is 14.0. The predicted octanol–water partition coefficient (Wildman–Crippen LogP) is 5.54. The van der Waals surface area contributed by atoms with Crippen LogP contribution in [0.3, 0.4) is 0 Å². The fourth-order valence-corrected chi connectivity index (χ4v) is 6.28. The number of ketones is 1. The van der Waals surface area contributed by atoms with Crippen molar-refractivity contribution in [2.75, 3.05) is 0 Å². The molecule has 200 valence electrons. The molecule has 0 bridgehead atoms. The molecule has 6 rings (SSSR count). The van der Waals surface area contributed by atoms with Gasteiger partial charge in [-0.05, 0) is 63.3 Å². The molecule has 1 aromatic carbocycles. The summed E-state index contributed by atoms with van der Waals surface area (Å²) in [4.78, 5) is 18.2. The van der Waals surface area contributed by atoms with Gasteiger partial charge in [0.2, 0.25) is 0 Å². The number of aryl methyl sites for hydroxylation is 4. The monoisotopic (exact) mass is 562 g/mol. The maximum Gasteiger partial charge on any atom is 0.166 e. The van der Waals surface area contributed by atoms with E-state index < -0.39 is 5.41 Å². The first-order valence-electron chi connectivity index (χ1n) is 13.0. The van der Waals surface area contributed by atoms with Gasteiger partial charge in [-0.15, -0.1) is 5.10 Å². The van der Waals surface area contributed by atoms with E-state index in [1.54, 1.807) is 30.1 Å². The Kier molecular flexibility index (Phi) is 6.51. The fourth-order valence-electron chi connectivity index (χ4n) is 5.59. The molecule has 4 heterocycles. The zero-order valence-electron chi connectivity index (χ0n) is 22.0. The van der Waals surface area contributed by atoms with E-state index in [2.05, 4.69) is 46.4 Å². The van der Waals surface area contributed by atoms with Gasteiger partial charge in [0.1, 0.15) is 12.2 Å². The minimum atomic E-state index is -0.571. The number of benzene rings is 1. The summed E-state index contributed by atoms with van der Waals surface area (Å²) < 4.78 is 5.39. The zero-order valence-corrected chi connectivity index (χ0v) is 23.5. The Balaban J connectivity index is 1.40. The first-order valence-corrected chi connectivity index (χ1v) is 13.8. The third-order valence-electron chi connectivity index (χ3n) is 7.53.